The predicted octanol–water partition coefficient (Wildman–Crippen LogP) is 3.17. The van der Waals surface area contributed by atoms with Crippen LogP contribution in [0.2, 0.25) is 0 Å². The maximum atomic E-state index is 5.72. The molecule has 0 aliphatic rings. The van der Waals surface area contributed by atoms with Gasteiger partial charge in [-0.2, -0.15) is 0 Å². The van der Waals surface area contributed by atoms with Crippen LogP contribution < -0.4 is 5.73 Å². The van der Waals surface area contributed by atoms with Crippen LogP contribution in [-0.2, 0) is 5.41 Å². The van der Waals surface area contributed by atoms with Crippen molar-refractivity contribution >= 4 is 28.3 Å². The van der Waals surface area contributed by atoms with Crippen molar-refractivity contribution in [2.75, 3.05) is 5.73 Å². The lowest BCUT2D eigenvalue weighted by atomic mass is 9.87. The Morgan fingerprint density at radius 1 is 1.25 bits per heavy atom. The quantitative estimate of drug-likeness (QED) is 0.571. The summed E-state index contributed by atoms with van der Waals surface area (Å²) in [7, 11) is 0. The fourth-order valence-corrected chi connectivity index (χ4v) is 1.51. The molecule has 0 saturated carbocycles. The summed E-state index contributed by atoms with van der Waals surface area (Å²) in [5, 5.41) is 0. The first-order valence-corrected chi connectivity index (χ1v) is 5.04. The van der Waals surface area contributed by atoms with E-state index in [0.29, 0.717) is 0 Å². The first-order chi connectivity index (χ1) is 5.41. The van der Waals surface area contributed by atoms with Gasteiger partial charge in [0.1, 0.15) is 0 Å². The van der Waals surface area contributed by atoms with Crippen molar-refractivity contribution < 1.29 is 0 Å². The molecule has 0 heterocycles. The van der Waals surface area contributed by atoms with Crippen molar-refractivity contribution in [2.45, 2.75) is 26.2 Å². The second-order valence-corrected chi connectivity index (χ2v) is 5.15. The second-order valence-electron chi connectivity index (χ2n) is 3.99. The first-order valence-electron chi connectivity index (χ1n) is 3.97. The van der Waals surface area contributed by atoms with Crippen molar-refractivity contribution in [1.82, 2.24) is 0 Å². The summed E-state index contributed by atoms with van der Waals surface area (Å²) in [6, 6.07) is 6.22. The van der Waals surface area contributed by atoms with E-state index in [1.165, 1.54) is 5.56 Å². The average molecular weight is 275 g/mol. The maximum absolute atomic E-state index is 5.72. The lowest BCUT2D eigenvalue weighted by Crippen LogP contribution is -2.11. The molecule has 0 spiro atoms. The molecule has 66 valence electrons. The molecule has 2 N–H and O–H groups in total. The number of hydrogen-bond donors (Lipinski definition) is 1. The summed E-state index contributed by atoms with van der Waals surface area (Å²) >= 11 is 2.26. The van der Waals surface area contributed by atoms with Crippen molar-refractivity contribution in [1.29, 1.82) is 0 Å². The van der Waals surface area contributed by atoms with Crippen LogP contribution in [0.5, 0.6) is 0 Å². The molecule has 1 aromatic carbocycles. The van der Waals surface area contributed by atoms with Crippen LogP contribution in [0.3, 0.4) is 0 Å². The number of nitrogens with two attached hydrogens (primary N) is 1. The van der Waals surface area contributed by atoms with E-state index in [0.717, 1.165) is 9.26 Å². The summed E-state index contributed by atoms with van der Waals surface area (Å²) in [6.45, 7) is 6.61. The molecule has 1 nitrogen and oxygen atoms in total. The molecule has 12 heavy (non-hydrogen) atoms. The molecular weight excluding hydrogens is 261 g/mol. The molecule has 0 aliphatic carbocycles. The number of halogens is 1. The Labute approximate surface area is 87.5 Å². The highest BCUT2D eigenvalue weighted by Gasteiger charge is 2.13. The van der Waals surface area contributed by atoms with Crippen LogP contribution in [0.4, 0.5) is 5.69 Å². The first kappa shape index (κ1) is 9.84. The monoisotopic (exact) mass is 275 g/mol. The van der Waals surface area contributed by atoms with Crippen LogP contribution in [0, 0.1) is 3.57 Å². The highest BCUT2D eigenvalue weighted by molar-refractivity contribution is 14.1. The van der Waals surface area contributed by atoms with Crippen molar-refractivity contribution in [3.63, 3.8) is 0 Å². The molecule has 0 unspecified atom stereocenters. The molecule has 0 atom stereocenters. The van der Waals surface area contributed by atoms with Gasteiger partial charge in [-0.1, -0.05) is 26.8 Å². The average Bonchev–Trinajstić information content (AvgIpc) is 1.92. The third kappa shape index (κ3) is 2.12. The summed E-state index contributed by atoms with van der Waals surface area (Å²) in [4.78, 5) is 0. The largest absolute Gasteiger partial charge is 0.398 e. The highest BCUT2D eigenvalue weighted by atomic mass is 127. The number of rotatable bonds is 0. The topological polar surface area (TPSA) is 26.0 Å². The minimum absolute atomic E-state index is 0.216. The Morgan fingerprint density at radius 2 is 1.83 bits per heavy atom. The molecule has 0 aromatic heterocycles. The van der Waals surface area contributed by atoms with Crippen molar-refractivity contribution in [2.24, 2.45) is 0 Å². The van der Waals surface area contributed by atoms with Crippen molar-refractivity contribution in [3.05, 3.63) is 27.3 Å². The minimum Gasteiger partial charge on any atom is -0.398 e. The summed E-state index contributed by atoms with van der Waals surface area (Å²) < 4.78 is 1.14. The fourth-order valence-electron chi connectivity index (χ4n) is 0.994. The predicted molar refractivity (Wildman–Crippen MR) is 62.3 cm³/mol. The van der Waals surface area contributed by atoms with Crippen LogP contribution in [0.15, 0.2) is 18.2 Å². The summed E-state index contributed by atoms with van der Waals surface area (Å²) in [5.41, 5.74) is 8.14. The van der Waals surface area contributed by atoms with Gasteiger partial charge in [-0.15, -0.1) is 0 Å². The SMILES string of the molecule is CC(C)(C)c1ccc(N)c(I)c1. The van der Waals surface area contributed by atoms with E-state index in [4.69, 9.17) is 5.73 Å². The zero-order valence-electron chi connectivity index (χ0n) is 7.69. The number of nitrogen functional groups attached to an aromatic ring is 1. The Bertz CT molecular complexity index is 286. The van der Waals surface area contributed by atoms with E-state index in [2.05, 4.69) is 55.5 Å². The van der Waals surface area contributed by atoms with Gasteiger partial charge < -0.3 is 5.73 Å². The van der Waals surface area contributed by atoms with Gasteiger partial charge in [-0.3, -0.25) is 0 Å². The summed E-state index contributed by atoms with van der Waals surface area (Å²) in [6.07, 6.45) is 0. The van der Waals surface area contributed by atoms with E-state index in [1.54, 1.807) is 0 Å². The van der Waals surface area contributed by atoms with Gasteiger partial charge in [-0.05, 0) is 45.7 Å². The van der Waals surface area contributed by atoms with Crippen LogP contribution in [0.1, 0.15) is 26.3 Å². The second kappa shape index (κ2) is 3.24. The van der Waals surface area contributed by atoms with Crippen LogP contribution in [0.25, 0.3) is 0 Å². The van der Waals surface area contributed by atoms with Gasteiger partial charge in [0.2, 0.25) is 0 Å². The van der Waals surface area contributed by atoms with E-state index in [1.807, 2.05) is 6.07 Å². The molecular formula is C10H14IN. The third-order valence-corrected chi connectivity index (χ3v) is 2.80. The molecule has 0 bridgehead atoms. The number of hydrogen-bond acceptors (Lipinski definition) is 1. The molecule has 0 fully saturated rings. The standard InChI is InChI=1S/C10H14IN/c1-10(2,3)7-4-5-9(12)8(11)6-7/h4-6H,12H2,1-3H3. The van der Waals surface area contributed by atoms with E-state index < -0.39 is 0 Å². The Balaban J connectivity index is 3.14. The van der Waals surface area contributed by atoms with Gasteiger partial charge in [0.15, 0.2) is 0 Å². The van der Waals surface area contributed by atoms with Crippen LogP contribution in [-0.4, -0.2) is 0 Å². The molecule has 1 rings (SSSR count). The zero-order chi connectivity index (χ0) is 9.35. The molecule has 2 heteroatoms. The van der Waals surface area contributed by atoms with Gasteiger partial charge in [0.05, 0.1) is 0 Å². The molecule has 0 radical (unpaired) electrons. The van der Waals surface area contributed by atoms with Crippen molar-refractivity contribution in [3.8, 4) is 0 Å². The molecule has 0 aliphatic heterocycles. The van der Waals surface area contributed by atoms with Crippen LogP contribution >= 0.6 is 22.6 Å². The Hall–Kier alpha value is -0.250. The molecule has 0 amide bonds. The van der Waals surface area contributed by atoms with E-state index in [9.17, 15) is 0 Å². The van der Waals surface area contributed by atoms with Gasteiger partial charge in [0.25, 0.3) is 0 Å². The maximum Gasteiger partial charge on any atom is 0.0449 e. The van der Waals surface area contributed by atoms with Gasteiger partial charge in [-0.25, -0.2) is 0 Å². The summed E-state index contributed by atoms with van der Waals surface area (Å²) in [5.74, 6) is 0. The lowest BCUT2D eigenvalue weighted by Gasteiger charge is -2.19. The van der Waals surface area contributed by atoms with Gasteiger partial charge in [0, 0.05) is 9.26 Å². The molecule has 0 saturated heterocycles. The normalized spacial score (nSPS) is 11.7. The Kier molecular flexibility index (Phi) is 2.66. The Morgan fingerprint density at radius 3 is 2.25 bits per heavy atom. The highest BCUT2D eigenvalue weighted by Crippen LogP contribution is 2.26. The lowest BCUT2D eigenvalue weighted by molar-refractivity contribution is 0.590. The van der Waals surface area contributed by atoms with E-state index >= 15 is 0 Å². The molecule has 1 aromatic rings. The number of benzene rings is 1. The van der Waals surface area contributed by atoms with Gasteiger partial charge >= 0.3 is 0 Å². The fraction of sp³-hybridized carbons (Fsp3) is 0.400. The minimum atomic E-state index is 0.216. The zero-order valence-corrected chi connectivity index (χ0v) is 9.84. The number of anilines is 1. The van der Waals surface area contributed by atoms with E-state index in [-0.39, 0.29) is 5.41 Å². The smallest absolute Gasteiger partial charge is 0.0449 e. The third-order valence-electron chi connectivity index (χ3n) is 1.87.